The lowest BCUT2D eigenvalue weighted by Crippen LogP contribution is -2.12. The zero-order chi connectivity index (χ0) is 28.3. The number of nitrogens with two attached hydrogens (primary N) is 2. The van der Waals surface area contributed by atoms with Gasteiger partial charge in [-0.1, -0.05) is 30.3 Å². The average Bonchev–Trinajstić information content (AvgIpc) is 3.43. The van der Waals surface area contributed by atoms with Crippen LogP contribution in [0.3, 0.4) is 0 Å². The first-order valence-corrected chi connectivity index (χ1v) is 13.6. The van der Waals surface area contributed by atoms with Gasteiger partial charge in [0.05, 0.1) is 55.8 Å². The van der Waals surface area contributed by atoms with Gasteiger partial charge < -0.3 is 32.7 Å². The van der Waals surface area contributed by atoms with E-state index in [1.807, 2.05) is 84.2 Å². The monoisotopic (exact) mass is 639 g/mol. The summed E-state index contributed by atoms with van der Waals surface area (Å²) >= 11 is 1.53. The van der Waals surface area contributed by atoms with E-state index in [1.54, 1.807) is 18.2 Å². The van der Waals surface area contributed by atoms with Gasteiger partial charge >= 0.3 is 0 Å². The molecule has 0 saturated carbocycles. The smallest absolute Gasteiger partial charge is 0.257 e. The van der Waals surface area contributed by atoms with Gasteiger partial charge in [-0.3, -0.25) is 9.59 Å². The van der Waals surface area contributed by atoms with Gasteiger partial charge in [0.15, 0.2) is 0 Å². The largest absolute Gasteiger partial charge is 0.399 e. The SMILES string of the molecule is Br.NC(=Nc1ccc2c(c1)C(=O)Nc1ccccc1N2)c1cccs1.Nc1ccc2c(c1)C(=O)Nc1ccccc1N2. The molecule has 0 aliphatic carbocycles. The molecule has 2 aliphatic heterocycles. The minimum atomic E-state index is -0.172. The van der Waals surface area contributed by atoms with Crippen molar-refractivity contribution in [1.29, 1.82) is 0 Å². The van der Waals surface area contributed by atoms with Crippen LogP contribution < -0.4 is 32.7 Å². The van der Waals surface area contributed by atoms with E-state index in [0.29, 0.717) is 28.3 Å². The highest BCUT2D eigenvalue weighted by Gasteiger charge is 2.20. The van der Waals surface area contributed by atoms with Crippen molar-refractivity contribution in [2.75, 3.05) is 27.0 Å². The van der Waals surface area contributed by atoms with Crippen molar-refractivity contribution < 1.29 is 9.59 Å². The molecule has 7 rings (SSSR count). The first-order valence-electron chi connectivity index (χ1n) is 12.7. The standard InChI is InChI=1S/C18H14N4OS.C13H11N3O.BrH/c19-17(16-6-3-9-24-16)20-11-7-8-13-12(10-11)18(23)22-15-5-2-1-4-14(15)21-13;14-8-5-6-10-9(7-8)13(17)16-12-4-2-1-3-11(12)15-10;/h1-10,21H,(H2,19,20)(H,22,23);1-7,15H,14H2,(H,16,17);1H. The molecule has 0 radical (unpaired) electrons. The van der Waals surface area contributed by atoms with Crippen molar-refractivity contribution in [3.8, 4) is 0 Å². The zero-order valence-electron chi connectivity index (χ0n) is 22.0. The topological polar surface area (TPSA) is 147 Å². The number of para-hydroxylation sites is 4. The number of anilines is 7. The zero-order valence-corrected chi connectivity index (χ0v) is 24.6. The van der Waals surface area contributed by atoms with Crippen molar-refractivity contribution >= 4 is 91.5 Å². The van der Waals surface area contributed by atoms with Crippen LogP contribution in [0.5, 0.6) is 0 Å². The fourth-order valence-electron chi connectivity index (χ4n) is 4.45. The first-order chi connectivity index (χ1) is 19.9. The summed E-state index contributed by atoms with van der Waals surface area (Å²) in [6.07, 6.45) is 0. The Balaban J connectivity index is 0.000000173. The van der Waals surface area contributed by atoms with Crippen LogP contribution in [0.15, 0.2) is 107 Å². The summed E-state index contributed by atoms with van der Waals surface area (Å²) in [6, 6.07) is 29.7. The molecule has 0 fully saturated rings. The van der Waals surface area contributed by atoms with Crippen LogP contribution in [0, 0.1) is 0 Å². The number of hydrogen-bond donors (Lipinski definition) is 6. The molecular formula is C31H26BrN7O2S. The van der Waals surface area contributed by atoms with E-state index in [-0.39, 0.29) is 28.8 Å². The van der Waals surface area contributed by atoms with Gasteiger partial charge in [-0.2, -0.15) is 0 Å². The second-order valence-electron chi connectivity index (χ2n) is 9.26. The summed E-state index contributed by atoms with van der Waals surface area (Å²) < 4.78 is 0. The molecule has 8 N–H and O–H groups in total. The predicted molar refractivity (Wildman–Crippen MR) is 178 cm³/mol. The molecule has 2 amide bonds. The van der Waals surface area contributed by atoms with E-state index in [4.69, 9.17) is 11.5 Å². The Morgan fingerprint density at radius 3 is 1.69 bits per heavy atom. The number of halogens is 1. The molecule has 9 nitrogen and oxygen atoms in total. The molecule has 3 heterocycles. The Morgan fingerprint density at radius 1 is 0.619 bits per heavy atom. The Labute approximate surface area is 256 Å². The second kappa shape index (κ2) is 12.2. The second-order valence-corrected chi connectivity index (χ2v) is 10.2. The van der Waals surface area contributed by atoms with E-state index >= 15 is 0 Å². The number of benzene rings is 4. The Bertz CT molecular complexity index is 1820. The minimum Gasteiger partial charge on any atom is -0.399 e. The normalized spacial score (nSPS) is 12.8. The van der Waals surface area contributed by atoms with Gasteiger partial charge in [0, 0.05) is 5.69 Å². The highest BCUT2D eigenvalue weighted by Crippen LogP contribution is 2.34. The number of rotatable bonds is 2. The van der Waals surface area contributed by atoms with Gasteiger partial charge in [0.2, 0.25) is 0 Å². The summed E-state index contributed by atoms with van der Waals surface area (Å²) in [5.41, 5.74) is 18.8. The molecule has 11 heteroatoms. The molecule has 5 aromatic rings. The molecule has 2 aliphatic rings. The number of aliphatic imine (C=N–C) groups is 1. The quantitative estimate of drug-likeness (QED) is 0.0681. The number of hydrogen-bond acceptors (Lipinski definition) is 7. The van der Waals surface area contributed by atoms with Crippen LogP contribution in [0.4, 0.5) is 45.5 Å². The van der Waals surface area contributed by atoms with Crippen molar-refractivity contribution in [1.82, 2.24) is 0 Å². The molecule has 0 saturated heterocycles. The molecule has 0 atom stereocenters. The minimum absolute atomic E-state index is 0. The summed E-state index contributed by atoms with van der Waals surface area (Å²) in [5.74, 6) is 0.120. The predicted octanol–water partition coefficient (Wildman–Crippen LogP) is 7.25. The van der Waals surface area contributed by atoms with Crippen molar-refractivity contribution in [3.63, 3.8) is 0 Å². The van der Waals surface area contributed by atoms with Crippen LogP contribution in [-0.2, 0) is 0 Å². The number of fused-ring (bicyclic) bond motifs is 4. The molecule has 210 valence electrons. The van der Waals surface area contributed by atoms with Gasteiger partial charge in [0.25, 0.3) is 11.8 Å². The van der Waals surface area contributed by atoms with E-state index in [2.05, 4.69) is 26.3 Å². The van der Waals surface area contributed by atoms with Crippen molar-refractivity contribution in [2.24, 2.45) is 10.7 Å². The van der Waals surface area contributed by atoms with Crippen molar-refractivity contribution in [3.05, 3.63) is 118 Å². The van der Waals surface area contributed by atoms with Gasteiger partial charge in [-0.05, 0) is 72.1 Å². The van der Waals surface area contributed by atoms with Crippen LogP contribution in [0.2, 0.25) is 0 Å². The Hall–Kier alpha value is -5.13. The fourth-order valence-corrected chi connectivity index (χ4v) is 5.07. The first kappa shape index (κ1) is 28.4. The number of amidine groups is 1. The molecule has 0 unspecified atom stereocenters. The van der Waals surface area contributed by atoms with Crippen LogP contribution >= 0.6 is 28.3 Å². The van der Waals surface area contributed by atoms with E-state index < -0.39 is 0 Å². The molecule has 1 aromatic heterocycles. The van der Waals surface area contributed by atoms with Gasteiger partial charge in [-0.15, -0.1) is 28.3 Å². The highest BCUT2D eigenvalue weighted by molar-refractivity contribution is 8.93. The van der Waals surface area contributed by atoms with Gasteiger partial charge in [0.1, 0.15) is 5.84 Å². The van der Waals surface area contributed by atoms with E-state index in [0.717, 1.165) is 39.0 Å². The number of carbonyl (C=O) groups is 2. The van der Waals surface area contributed by atoms with Crippen molar-refractivity contribution in [2.45, 2.75) is 0 Å². The van der Waals surface area contributed by atoms with E-state index in [1.165, 1.54) is 11.3 Å². The lowest BCUT2D eigenvalue weighted by Gasteiger charge is -2.08. The van der Waals surface area contributed by atoms with E-state index in [9.17, 15) is 9.59 Å². The average molecular weight is 641 g/mol. The summed E-state index contributed by atoms with van der Waals surface area (Å²) in [5, 5.41) is 14.2. The molecular weight excluding hydrogens is 614 g/mol. The number of carbonyl (C=O) groups excluding carboxylic acids is 2. The third-order valence-corrected chi connectivity index (χ3v) is 7.34. The van der Waals surface area contributed by atoms with Gasteiger partial charge in [-0.25, -0.2) is 4.99 Å². The summed E-state index contributed by atoms with van der Waals surface area (Å²) in [7, 11) is 0. The van der Waals surface area contributed by atoms with Crippen LogP contribution in [-0.4, -0.2) is 17.6 Å². The Kier molecular flexibility index (Phi) is 8.23. The lowest BCUT2D eigenvalue weighted by atomic mass is 10.1. The van der Waals surface area contributed by atoms with Crippen LogP contribution in [0.1, 0.15) is 25.6 Å². The number of amides is 2. The maximum absolute atomic E-state index is 12.5. The number of thiophene rings is 1. The molecule has 42 heavy (non-hydrogen) atoms. The maximum atomic E-state index is 12.5. The third-order valence-electron chi connectivity index (χ3n) is 6.45. The fraction of sp³-hybridized carbons (Fsp3) is 0. The number of nitrogens with zero attached hydrogens (tertiary/aromatic N) is 1. The Morgan fingerprint density at radius 2 is 1.14 bits per heavy atom. The molecule has 4 aromatic carbocycles. The molecule has 0 spiro atoms. The number of nitrogen functional groups attached to an aromatic ring is 1. The molecule has 0 bridgehead atoms. The lowest BCUT2D eigenvalue weighted by molar-refractivity contribution is 0.102. The third kappa shape index (κ3) is 5.97. The summed E-state index contributed by atoms with van der Waals surface area (Å²) in [4.78, 5) is 29.8. The highest BCUT2D eigenvalue weighted by atomic mass is 79.9. The summed E-state index contributed by atoms with van der Waals surface area (Å²) in [6.45, 7) is 0. The number of nitrogens with one attached hydrogen (secondary N) is 4. The van der Waals surface area contributed by atoms with Crippen LogP contribution in [0.25, 0.3) is 0 Å². The maximum Gasteiger partial charge on any atom is 0.257 e.